The Morgan fingerprint density at radius 2 is 1.06 bits per heavy atom. The molecule has 0 aliphatic carbocycles. The lowest BCUT2D eigenvalue weighted by molar-refractivity contribution is -0.154. The summed E-state index contributed by atoms with van der Waals surface area (Å²) in [7, 11) is 0. The highest BCUT2D eigenvalue weighted by Crippen LogP contribution is 2.34. The van der Waals surface area contributed by atoms with E-state index < -0.39 is 0 Å². The summed E-state index contributed by atoms with van der Waals surface area (Å²) >= 11 is 9.36. The second-order valence-corrected chi connectivity index (χ2v) is 29.4. The van der Waals surface area contributed by atoms with E-state index >= 15 is 0 Å². The molecule has 117 heavy (non-hydrogen) atoms. The molecule has 15 heterocycles. The molecule has 31 nitrogen and oxygen atoms in total. The molecule has 0 spiro atoms. The molecule has 0 aromatic carbocycles. The highest BCUT2D eigenvalue weighted by Gasteiger charge is 2.32. The maximum Gasteiger partial charge on any atom is 0.278 e. The third kappa shape index (κ3) is 29.9. The Bertz CT molecular complexity index is 4540. The van der Waals surface area contributed by atoms with E-state index in [9.17, 15) is 24.0 Å². The number of ether oxygens (including phenoxy) is 12. The standard InChI is InChI=1S/C26H28N6O5S.C17H19BrN2O4.C10H11N3OS.C10H16O3.C8H12O2.C7H5BrN2O2.C4H8O/c1-3-12-31-25(34)18-16-27-26(38-2)29-23(18)32(31)20-11-10-19-24(28-20)30(21(33)17-37-19)13-6-4-7-14-35-22-9-5-8-15-36-22;18-14-8-7-13-17(19-14)20(15(21)12-24-13)9-3-1-4-10-22-16-6-2-5-11-23-16;1-3-4-13-6-8-7(9(13)14)5-11-10(12-8)15-2;11-7-3-1-4-8-12-10-6-2-5-9-13-10;1-2-6-9-8-5-3-4-7-10-8;8-5-2-1-4-7(9-5)10-6(11)3-12-4;1-2-4-5-3-1/h3,10-11,16,22H,1,5-6,8-9,12-15,17H2,2H3;7-8,16H,2-3,5-6,9-12H2;3,5H,1,4,6H2,2H3;10-11H,2-3,5-9H2;1,8H,3-7H2;1-2H,3H2,(H,9,10,11);1-4H2. The number of aliphatic hydroxyl groups excluding tert-OH is 1. The number of halogens is 2. The Kier molecular flexibility index (Phi) is 40.5. The van der Waals surface area contributed by atoms with Crippen molar-refractivity contribution < 1.29 is 81.1 Å². The van der Waals surface area contributed by atoms with Gasteiger partial charge in [0.25, 0.3) is 29.2 Å². The summed E-state index contributed by atoms with van der Waals surface area (Å²) in [6.07, 6.45) is 31.8. The summed E-state index contributed by atoms with van der Waals surface area (Å²) in [5.74, 6) is 23.1. The maximum atomic E-state index is 13.1. The van der Waals surface area contributed by atoms with Crippen LogP contribution in [0.3, 0.4) is 0 Å². The molecule has 9 aliphatic rings. The molecule has 0 saturated carbocycles. The molecule has 0 radical (unpaired) electrons. The largest absolute Gasteiger partial charge is 0.480 e. The Morgan fingerprint density at radius 3 is 1.56 bits per heavy atom. The lowest BCUT2D eigenvalue weighted by Crippen LogP contribution is -2.40. The number of nitrogens with zero attached hydrogens (tertiary/aromatic N) is 12. The Hall–Kier alpha value is -8.86. The number of thioether (sulfide) groups is 2. The molecular weight excluding hydrogens is 1680 g/mol. The van der Waals surface area contributed by atoms with Gasteiger partial charge in [-0.2, -0.15) is 0 Å². The van der Waals surface area contributed by atoms with Crippen LogP contribution in [-0.2, 0) is 70.1 Å². The van der Waals surface area contributed by atoms with Gasteiger partial charge >= 0.3 is 0 Å². The summed E-state index contributed by atoms with van der Waals surface area (Å²) in [4.78, 5) is 95.7. The number of amides is 4. The van der Waals surface area contributed by atoms with Gasteiger partial charge in [0.2, 0.25) is 0 Å². The zero-order valence-electron chi connectivity index (χ0n) is 65.9. The smallest absolute Gasteiger partial charge is 0.278 e. The van der Waals surface area contributed by atoms with Crippen LogP contribution in [0.5, 0.6) is 17.2 Å². The summed E-state index contributed by atoms with van der Waals surface area (Å²) < 4.78 is 68.9. The zero-order valence-corrected chi connectivity index (χ0v) is 70.7. The van der Waals surface area contributed by atoms with E-state index in [4.69, 9.17) is 73.4 Å². The fourth-order valence-corrected chi connectivity index (χ4v) is 13.3. The Morgan fingerprint density at radius 1 is 0.573 bits per heavy atom. The monoisotopic (exact) mass is 1780 g/mol. The quantitative estimate of drug-likeness (QED) is 0.0236. The van der Waals surface area contributed by atoms with Crippen LogP contribution in [-0.4, -0.2) is 228 Å². The number of aliphatic hydroxyl groups is 1. The topological polar surface area (TPSA) is 338 Å². The average molecular weight is 1780 g/mol. The molecule has 4 amide bonds. The number of carbonyl (C=O) groups excluding carboxylic acids is 4. The first kappa shape index (κ1) is 92.0. The van der Waals surface area contributed by atoms with Crippen molar-refractivity contribution in [3.63, 3.8) is 0 Å². The van der Waals surface area contributed by atoms with Gasteiger partial charge in [-0.25, -0.2) is 44.3 Å². The maximum absolute atomic E-state index is 13.1. The van der Waals surface area contributed by atoms with Crippen LogP contribution in [0.15, 0.2) is 98.4 Å². The van der Waals surface area contributed by atoms with Gasteiger partial charge in [-0.05, 0) is 171 Å². The second-order valence-electron chi connectivity index (χ2n) is 26.2. The van der Waals surface area contributed by atoms with E-state index in [1.165, 1.54) is 60.1 Å². The van der Waals surface area contributed by atoms with E-state index in [2.05, 4.69) is 122 Å². The number of terminal acetylenes is 1. The van der Waals surface area contributed by atoms with Gasteiger partial charge in [0.05, 0.1) is 31.0 Å². The summed E-state index contributed by atoms with van der Waals surface area (Å²) in [5.41, 5.74) is 1.61. The number of carbonyl (C=O) groups is 4. The van der Waals surface area contributed by atoms with E-state index in [-0.39, 0.29) is 93.9 Å². The number of allylic oxidation sites excluding steroid dienone is 1. The summed E-state index contributed by atoms with van der Waals surface area (Å²) in [5, 5.41) is 12.6. The van der Waals surface area contributed by atoms with Gasteiger partial charge in [0, 0.05) is 90.9 Å². The zero-order chi connectivity index (χ0) is 82.8. The average Bonchev–Trinajstić information content (AvgIpc) is 1.43. The van der Waals surface area contributed by atoms with Crippen LogP contribution in [0.1, 0.15) is 125 Å². The molecule has 6 aromatic heterocycles. The number of rotatable bonds is 20. The van der Waals surface area contributed by atoms with Crippen molar-refractivity contribution in [2.75, 3.05) is 140 Å². The first-order valence-electron chi connectivity index (χ1n) is 38.7. The lowest BCUT2D eigenvalue weighted by Gasteiger charge is -2.28. The number of pyridine rings is 3. The normalized spacial score (nSPS) is 18.6. The van der Waals surface area contributed by atoms with Gasteiger partial charge in [0.15, 0.2) is 101 Å². The molecule has 2 N–H and O–H groups in total. The number of hydrogen-bond donors (Lipinski definition) is 2. The van der Waals surface area contributed by atoms with Crippen molar-refractivity contribution in [2.24, 2.45) is 0 Å². The molecule has 626 valence electrons. The van der Waals surface area contributed by atoms with E-state index in [0.717, 1.165) is 110 Å². The highest BCUT2D eigenvalue weighted by atomic mass is 79.9. The van der Waals surface area contributed by atoms with Crippen LogP contribution in [0, 0.1) is 47.9 Å². The van der Waals surface area contributed by atoms with Crippen LogP contribution in [0.2, 0.25) is 0 Å². The molecule has 35 heteroatoms. The lowest BCUT2D eigenvalue weighted by atomic mass is 10.2. The fraction of sp³-hybridized carbons (Fsp3) is 0.512. The van der Waals surface area contributed by atoms with Crippen LogP contribution in [0.4, 0.5) is 17.5 Å². The number of anilines is 3. The van der Waals surface area contributed by atoms with E-state index in [1.54, 1.807) is 74.1 Å². The predicted molar refractivity (Wildman–Crippen MR) is 447 cm³/mol. The van der Waals surface area contributed by atoms with Crippen LogP contribution in [0.25, 0.3) is 16.9 Å². The Labute approximate surface area is 706 Å². The van der Waals surface area contributed by atoms with Crippen molar-refractivity contribution in [3.8, 4) is 70.9 Å². The molecule has 15 rings (SSSR count). The molecule has 4 unspecified atom stereocenters. The minimum Gasteiger partial charge on any atom is -0.480 e. The predicted octanol–water partition coefficient (Wildman–Crippen LogP) is 10.4. The van der Waals surface area contributed by atoms with Crippen molar-refractivity contribution in [2.45, 2.75) is 158 Å². The SMILES string of the molecule is C#CCOC1CCCCO1.C1CCOC1.C=CCN1Cc2nc(SC)ncc2C1=O.C=CCn1c(=O)c2cnc(SC)nc2n1-c1ccc2c(n1)N(CCC#CCOC1CCCCO1)C(=O)CO2.O=C1COc2ccc(Br)nc2N1.O=C1COc2ccc(Br)nc2N1CCC#CCOC1CCCCO1.OCCC#CCOC1CCCCO1. The van der Waals surface area contributed by atoms with Crippen molar-refractivity contribution in [1.29, 1.82) is 0 Å². The highest BCUT2D eigenvalue weighted by molar-refractivity contribution is 9.10. The van der Waals surface area contributed by atoms with Gasteiger partial charge < -0.3 is 72.2 Å². The van der Waals surface area contributed by atoms with Gasteiger partial charge in [-0.3, -0.25) is 33.8 Å². The molecule has 5 saturated heterocycles. The molecule has 9 aliphatic heterocycles. The molecule has 5 fully saturated rings. The Balaban J connectivity index is 0.000000169. The molecular formula is C82H99Br2N13O18S2. The first-order valence-corrected chi connectivity index (χ1v) is 42.7. The summed E-state index contributed by atoms with van der Waals surface area (Å²) in [6.45, 7) is 16.2. The van der Waals surface area contributed by atoms with Gasteiger partial charge in [-0.15, -0.1) is 19.6 Å². The number of fused-ring (bicyclic) bond motifs is 5. The van der Waals surface area contributed by atoms with Crippen molar-refractivity contribution >= 4 is 107 Å². The van der Waals surface area contributed by atoms with E-state index in [0.29, 0.717) is 142 Å². The number of nitrogens with one attached hydrogen (secondary N) is 1. The minimum absolute atomic E-state index is 0.00227. The number of aromatic nitrogens is 9. The minimum atomic E-state index is -0.257. The third-order valence-corrected chi connectivity index (χ3v) is 19.8. The molecule has 4 atom stereocenters. The van der Waals surface area contributed by atoms with Gasteiger partial charge in [0.1, 0.15) is 41.0 Å². The molecule has 6 aromatic rings. The van der Waals surface area contributed by atoms with E-state index in [1.807, 2.05) is 12.5 Å². The van der Waals surface area contributed by atoms with Crippen LogP contribution < -0.4 is 34.9 Å². The third-order valence-electron chi connectivity index (χ3n) is 17.8. The van der Waals surface area contributed by atoms with Crippen molar-refractivity contribution in [3.05, 3.63) is 105 Å². The van der Waals surface area contributed by atoms with Crippen molar-refractivity contribution in [1.82, 2.24) is 49.2 Å². The second kappa shape index (κ2) is 51.5. The van der Waals surface area contributed by atoms with Crippen LogP contribution >= 0.6 is 55.4 Å². The first-order chi connectivity index (χ1) is 57.2. The fourth-order valence-electron chi connectivity index (χ4n) is 12.0. The van der Waals surface area contributed by atoms with Gasteiger partial charge in [-0.1, -0.05) is 77.1 Å². The molecule has 0 bridgehead atoms. The summed E-state index contributed by atoms with van der Waals surface area (Å²) in [6, 6.07) is 10.6. The number of hydrogen-bond acceptors (Lipinski definition) is 27.